The molecule has 0 aromatic carbocycles. The van der Waals surface area contributed by atoms with E-state index in [0.717, 1.165) is 36.0 Å². The fourth-order valence-electron chi connectivity index (χ4n) is 7.60. The SMILES string of the molecule is CC[C@@H]1CC2=C[C@H](O)CC[C@@H]2[C@H]2CC[C@]3(C)[C@@H](O[Si](C)(C)C(C)(C)C)CC[C@H]3[C@H]12. The van der Waals surface area contributed by atoms with Gasteiger partial charge in [0.25, 0.3) is 0 Å². The number of rotatable bonds is 3. The smallest absolute Gasteiger partial charge is 0.192 e. The summed E-state index contributed by atoms with van der Waals surface area (Å²) < 4.78 is 7.10. The number of fused-ring (bicyclic) bond motifs is 5. The molecule has 3 saturated carbocycles. The second-order valence-electron chi connectivity index (χ2n) is 12.7. The van der Waals surface area contributed by atoms with Gasteiger partial charge in [-0.15, -0.1) is 0 Å². The van der Waals surface area contributed by atoms with E-state index in [1.54, 1.807) is 5.57 Å². The number of hydrogen-bond acceptors (Lipinski definition) is 2. The molecule has 29 heavy (non-hydrogen) atoms. The van der Waals surface area contributed by atoms with Crippen LogP contribution >= 0.6 is 0 Å². The lowest BCUT2D eigenvalue weighted by Crippen LogP contribution is -2.53. The zero-order chi connectivity index (χ0) is 21.2. The predicted octanol–water partition coefficient (Wildman–Crippen LogP) is 6.95. The van der Waals surface area contributed by atoms with Gasteiger partial charge >= 0.3 is 0 Å². The van der Waals surface area contributed by atoms with Gasteiger partial charge in [-0.2, -0.15) is 0 Å². The van der Waals surface area contributed by atoms with E-state index < -0.39 is 8.32 Å². The van der Waals surface area contributed by atoms with E-state index in [1.807, 2.05) is 0 Å². The Kier molecular flexibility index (Phi) is 5.70. The Bertz CT molecular complexity index is 648. The molecule has 0 aromatic rings. The maximum atomic E-state index is 10.2. The highest BCUT2D eigenvalue weighted by Crippen LogP contribution is 2.64. The molecule has 4 aliphatic rings. The van der Waals surface area contributed by atoms with Crippen LogP contribution in [0, 0.1) is 35.0 Å². The van der Waals surface area contributed by atoms with Crippen molar-refractivity contribution < 1.29 is 9.53 Å². The quantitative estimate of drug-likeness (QED) is 0.397. The van der Waals surface area contributed by atoms with Gasteiger partial charge in [0.15, 0.2) is 8.32 Å². The van der Waals surface area contributed by atoms with Crippen LogP contribution in [0.3, 0.4) is 0 Å². The molecule has 8 atom stereocenters. The van der Waals surface area contributed by atoms with E-state index in [0.29, 0.717) is 11.5 Å². The molecule has 0 aromatic heterocycles. The molecule has 4 rings (SSSR count). The van der Waals surface area contributed by atoms with Gasteiger partial charge in [-0.05, 0) is 98.1 Å². The zero-order valence-corrected chi connectivity index (χ0v) is 21.1. The number of hydrogen-bond donors (Lipinski definition) is 1. The second kappa shape index (κ2) is 7.48. The average molecular weight is 419 g/mol. The molecule has 0 saturated heterocycles. The molecule has 3 heteroatoms. The minimum Gasteiger partial charge on any atom is -0.413 e. The van der Waals surface area contributed by atoms with Crippen LogP contribution in [0.15, 0.2) is 11.6 Å². The van der Waals surface area contributed by atoms with Gasteiger partial charge in [0.1, 0.15) is 0 Å². The van der Waals surface area contributed by atoms with Crippen LogP contribution in [-0.4, -0.2) is 25.6 Å². The van der Waals surface area contributed by atoms with E-state index in [-0.39, 0.29) is 11.1 Å². The summed E-state index contributed by atoms with van der Waals surface area (Å²) in [6, 6.07) is 0. The molecule has 0 radical (unpaired) electrons. The normalized spacial score (nSPS) is 45.2. The molecule has 1 N–H and O–H groups in total. The summed E-state index contributed by atoms with van der Waals surface area (Å²) >= 11 is 0. The van der Waals surface area contributed by atoms with Crippen LogP contribution in [0.25, 0.3) is 0 Å². The number of aliphatic hydroxyl groups is 1. The minimum atomic E-state index is -1.73. The summed E-state index contributed by atoms with van der Waals surface area (Å²) in [5.41, 5.74) is 1.99. The van der Waals surface area contributed by atoms with Crippen LogP contribution in [-0.2, 0) is 4.43 Å². The Labute approximate surface area is 181 Å². The molecule has 0 amide bonds. The molecular formula is C26H46O2Si. The number of aliphatic hydroxyl groups excluding tert-OH is 1. The molecular weight excluding hydrogens is 372 g/mol. The third kappa shape index (κ3) is 3.61. The van der Waals surface area contributed by atoms with Crippen molar-refractivity contribution in [2.24, 2.45) is 35.0 Å². The highest BCUT2D eigenvalue weighted by Gasteiger charge is 2.59. The first-order valence-corrected chi connectivity index (χ1v) is 15.4. The first kappa shape index (κ1) is 22.1. The maximum absolute atomic E-state index is 10.2. The fourth-order valence-corrected chi connectivity index (χ4v) is 9.06. The van der Waals surface area contributed by atoms with Crippen molar-refractivity contribution >= 4 is 8.32 Å². The van der Waals surface area contributed by atoms with E-state index in [4.69, 9.17) is 4.43 Å². The molecule has 166 valence electrons. The van der Waals surface area contributed by atoms with Crippen LogP contribution in [0.4, 0.5) is 0 Å². The van der Waals surface area contributed by atoms with Crippen molar-refractivity contribution in [3.8, 4) is 0 Å². The van der Waals surface area contributed by atoms with Crippen molar-refractivity contribution in [1.29, 1.82) is 0 Å². The Balaban J connectivity index is 1.60. The Morgan fingerprint density at radius 1 is 1.14 bits per heavy atom. The van der Waals surface area contributed by atoms with Gasteiger partial charge in [0.05, 0.1) is 12.2 Å². The molecule has 0 aliphatic heterocycles. The van der Waals surface area contributed by atoms with Crippen molar-refractivity contribution in [3.63, 3.8) is 0 Å². The largest absolute Gasteiger partial charge is 0.413 e. The van der Waals surface area contributed by atoms with Crippen LogP contribution in [0.2, 0.25) is 18.1 Å². The van der Waals surface area contributed by atoms with Crippen LogP contribution < -0.4 is 0 Å². The molecule has 0 bridgehead atoms. The highest BCUT2D eigenvalue weighted by molar-refractivity contribution is 6.74. The lowest BCUT2D eigenvalue weighted by Gasteiger charge is -2.57. The summed E-state index contributed by atoms with van der Waals surface area (Å²) in [5, 5.41) is 10.5. The van der Waals surface area contributed by atoms with Gasteiger partial charge in [0.2, 0.25) is 0 Å². The van der Waals surface area contributed by atoms with Crippen LogP contribution in [0.5, 0.6) is 0 Å². The molecule has 2 nitrogen and oxygen atoms in total. The first-order valence-electron chi connectivity index (χ1n) is 12.5. The van der Waals surface area contributed by atoms with E-state index in [1.165, 1.54) is 44.9 Å². The van der Waals surface area contributed by atoms with Gasteiger partial charge < -0.3 is 9.53 Å². The van der Waals surface area contributed by atoms with E-state index >= 15 is 0 Å². The average Bonchev–Trinajstić information content (AvgIpc) is 2.95. The van der Waals surface area contributed by atoms with Crippen LogP contribution in [0.1, 0.15) is 86.0 Å². The second-order valence-corrected chi connectivity index (χ2v) is 17.5. The third-order valence-electron chi connectivity index (χ3n) is 10.3. The van der Waals surface area contributed by atoms with E-state index in [2.05, 4.69) is 53.8 Å². The van der Waals surface area contributed by atoms with Gasteiger partial charge in [-0.3, -0.25) is 0 Å². The molecule has 3 fully saturated rings. The topological polar surface area (TPSA) is 29.5 Å². The Morgan fingerprint density at radius 2 is 1.86 bits per heavy atom. The monoisotopic (exact) mass is 418 g/mol. The third-order valence-corrected chi connectivity index (χ3v) is 14.8. The van der Waals surface area contributed by atoms with Gasteiger partial charge in [-0.1, -0.05) is 52.7 Å². The van der Waals surface area contributed by atoms with E-state index in [9.17, 15) is 5.11 Å². The predicted molar refractivity (Wildman–Crippen MR) is 124 cm³/mol. The standard InChI is InChI=1S/C26H46O2Si/c1-8-17-15-18-16-19(27)9-10-20(18)21-13-14-26(5)22(24(17)21)11-12-23(26)28-29(6,7)25(2,3)4/h16-17,19-24,27H,8-15H2,1-7H3/t17-,19-,20+,21-,22+,23+,24-,26+/m1/s1. The molecule has 0 heterocycles. The summed E-state index contributed by atoms with van der Waals surface area (Å²) in [6.07, 6.45) is 12.7. The minimum absolute atomic E-state index is 0.182. The lowest BCUT2D eigenvalue weighted by atomic mass is 9.49. The molecule has 0 unspecified atom stereocenters. The Morgan fingerprint density at radius 3 is 2.52 bits per heavy atom. The lowest BCUT2D eigenvalue weighted by molar-refractivity contribution is -0.0723. The summed E-state index contributed by atoms with van der Waals surface area (Å²) in [6.45, 7) is 17.0. The van der Waals surface area contributed by atoms with Crippen molar-refractivity contribution in [2.75, 3.05) is 0 Å². The van der Waals surface area contributed by atoms with Gasteiger partial charge in [0, 0.05) is 0 Å². The molecule has 4 aliphatic carbocycles. The summed E-state index contributed by atoms with van der Waals surface area (Å²) in [5.74, 6) is 4.15. The Hall–Kier alpha value is -0.123. The number of allylic oxidation sites excluding steroid dienone is 1. The highest BCUT2D eigenvalue weighted by atomic mass is 28.4. The first-order chi connectivity index (χ1) is 13.5. The van der Waals surface area contributed by atoms with Crippen molar-refractivity contribution in [2.45, 2.75) is 116 Å². The maximum Gasteiger partial charge on any atom is 0.192 e. The molecule has 0 spiro atoms. The van der Waals surface area contributed by atoms with Crippen molar-refractivity contribution in [1.82, 2.24) is 0 Å². The summed E-state index contributed by atoms with van der Waals surface area (Å²) in [4.78, 5) is 0. The fraction of sp³-hybridized carbons (Fsp3) is 0.923. The van der Waals surface area contributed by atoms with Gasteiger partial charge in [-0.25, -0.2) is 0 Å². The zero-order valence-electron chi connectivity index (χ0n) is 20.1. The van der Waals surface area contributed by atoms with Crippen molar-refractivity contribution in [3.05, 3.63) is 11.6 Å². The summed E-state index contributed by atoms with van der Waals surface area (Å²) in [7, 11) is -1.73.